The normalized spacial score (nSPS) is 14.3. The summed E-state index contributed by atoms with van der Waals surface area (Å²) in [5, 5.41) is 8.73. The average molecular weight is 212 g/mol. The third kappa shape index (κ3) is 3.23. The van der Waals surface area contributed by atoms with Crippen LogP contribution in [0.1, 0.15) is 13.8 Å². The Bertz CT molecular complexity index is 334. The Kier molecular flexibility index (Phi) is 3.66. The Hall–Kier alpha value is -1.58. The van der Waals surface area contributed by atoms with Gasteiger partial charge in [-0.1, -0.05) is 0 Å². The number of rotatable bonds is 4. The minimum atomic E-state index is -0.912. The molecule has 0 aliphatic rings. The molecule has 0 bridgehead atoms. The summed E-state index contributed by atoms with van der Waals surface area (Å²) in [6, 6.07) is 5.49. The van der Waals surface area contributed by atoms with Gasteiger partial charge in [0.15, 0.2) is 0 Å². The standard InChI is InChI=1S/C11H13FO3/c1-7(11(13)14)8(2)15-10-5-3-9(12)4-6-10/h3-8H,1-2H3,(H,13,14). The van der Waals surface area contributed by atoms with Gasteiger partial charge in [0.2, 0.25) is 0 Å². The van der Waals surface area contributed by atoms with E-state index < -0.39 is 18.0 Å². The fourth-order valence-electron chi connectivity index (χ4n) is 1.03. The maximum atomic E-state index is 12.6. The Morgan fingerprint density at radius 1 is 1.33 bits per heavy atom. The number of carbonyl (C=O) groups is 1. The van der Waals surface area contributed by atoms with Crippen molar-refractivity contribution in [1.82, 2.24) is 0 Å². The number of carboxylic acids is 1. The Labute approximate surface area is 87.5 Å². The summed E-state index contributed by atoms with van der Waals surface area (Å²) in [5.41, 5.74) is 0. The van der Waals surface area contributed by atoms with Crippen LogP contribution >= 0.6 is 0 Å². The monoisotopic (exact) mass is 212 g/mol. The maximum absolute atomic E-state index is 12.6. The van der Waals surface area contributed by atoms with Gasteiger partial charge in [-0.15, -0.1) is 0 Å². The first-order valence-corrected chi connectivity index (χ1v) is 4.65. The molecule has 0 aromatic heterocycles. The van der Waals surface area contributed by atoms with E-state index in [2.05, 4.69) is 0 Å². The highest BCUT2D eigenvalue weighted by Crippen LogP contribution is 2.16. The highest BCUT2D eigenvalue weighted by Gasteiger charge is 2.20. The van der Waals surface area contributed by atoms with Crippen molar-refractivity contribution in [1.29, 1.82) is 0 Å². The zero-order valence-electron chi connectivity index (χ0n) is 8.61. The molecule has 1 N–H and O–H groups in total. The summed E-state index contributed by atoms with van der Waals surface area (Å²) in [7, 11) is 0. The van der Waals surface area contributed by atoms with Gasteiger partial charge in [0, 0.05) is 0 Å². The van der Waals surface area contributed by atoms with Gasteiger partial charge in [-0.3, -0.25) is 4.79 Å². The summed E-state index contributed by atoms with van der Waals surface area (Å²) in [4.78, 5) is 10.6. The van der Waals surface area contributed by atoms with Gasteiger partial charge in [-0.25, -0.2) is 4.39 Å². The molecular weight excluding hydrogens is 199 g/mol. The number of halogens is 1. The highest BCUT2D eigenvalue weighted by atomic mass is 19.1. The molecular formula is C11H13FO3. The van der Waals surface area contributed by atoms with E-state index in [1.165, 1.54) is 24.3 Å². The van der Waals surface area contributed by atoms with Crippen LogP contribution < -0.4 is 4.74 Å². The van der Waals surface area contributed by atoms with E-state index in [1.54, 1.807) is 13.8 Å². The third-order valence-corrected chi connectivity index (χ3v) is 2.23. The largest absolute Gasteiger partial charge is 0.490 e. The molecule has 15 heavy (non-hydrogen) atoms. The lowest BCUT2D eigenvalue weighted by molar-refractivity contribution is -0.143. The fourth-order valence-corrected chi connectivity index (χ4v) is 1.03. The van der Waals surface area contributed by atoms with Crippen LogP contribution in [0, 0.1) is 11.7 Å². The molecule has 0 radical (unpaired) electrons. The van der Waals surface area contributed by atoms with Gasteiger partial charge in [0.1, 0.15) is 17.7 Å². The van der Waals surface area contributed by atoms with Crippen LogP contribution in [-0.2, 0) is 4.79 Å². The van der Waals surface area contributed by atoms with Crippen molar-refractivity contribution in [3.63, 3.8) is 0 Å². The van der Waals surface area contributed by atoms with Crippen LogP contribution in [0.25, 0.3) is 0 Å². The van der Waals surface area contributed by atoms with Crippen LogP contribution in [0.2, 0.25) is 0 Å². The molecule has 0 fully saturated rings. The molecule has 0 heterocycles. The van der Waals surface area contributed by atoms with Crippen molar-refractivity contribution in [3.05, 3.63) is 30.1 Å². The van der Waals surface area contributed by atoms with Crippen LogP contribution in [0.4, 0.5) is 4.39 Å². The maximum Gasteiger partial charge on any atom is 0.309 e. The van der Waals surface area contributed by atoms with Crippen LogP contribution in [0.15, 0.2) is 24.3 Å². The van der Waals surface area contributed by atoms with Crippen LogP contribution in [0.3, 0.4) is 0 Å². The summed E-state index contributed by atoms with van der Waals surface area (Å²) >= 11 is 0. The molecule has 0 spiro atoms. The lowest BCUT2D eigenvalue weighted by Crippen LogP contribution is -2.27. The number of carboxylic acid groups (broad SMARTS) is 1. The first-order valence-electron chi connectivity index (χ1n) is 4.65. The molecule has 0 saturated carbocycles. The third-order valence-electron chi connectivity index (χ3n) is 2.23. The van der Waals surface area contributed by atoms with Gasteiger partial charge < -0.3 is 9.84 Å². The quantitative estimate of drug-likeness (QED) is 0.833. The van der Waals surface area contributed by atoms with Gasteiger partial charge in [0.05, 0.1) is 5.92 Å². The molecule has 1 aromatic carbocycles. The van der Waals surface area contributed by atoms with Crippen molar-refractivity contribution >= 4 is 5.97 Å². The van der Waals surface area contributed by atoms with Crippen molar-refractivity contribution in [2.24, 2.45) is 5.92 Å². The highest BCUT2D eigenvalue weighted by molar-refractivity contribution is 5.70. The average Bonchev–Trinajstić information content (AvgIpc) is 2.20. The molecule has 2 atom stereocenters. The SMILES string of the molecule is CC(Oc1ccc(F)cc1)C(C)C(=O)O. The lowest BCUT2D eigenvalue weighted by atomic mass is 10.1. The molecule has 2 unspecified atom stereocenters. The molecule has 0 amide bonds. The molecule has 0 aliphatic carbocycles. The number of hydrogen-bond acceptors (Lipinski definition) is 2. The number of hydrogen-bond donors (Lipinski definition) is 1. The number of benzene rings is 1. The second-order valence-electron chi connectivity index (χ2n) is 3.40. The number of ether oxygens (including phenoxy) is 1. The first-order chi connectivity index (χ1) is 7.00. The zero-order valence-corrected chi connectivity index (χ0v) is 8.61. The predicted molar refractivity (Wildman–Crippen MR) is 53.3 cm³/mol. The Morgan fingerprint density at radius 2 is 1.87 bits per heavy atom. The molecule has 0 saturated heterocycles. The molecule has 3 nitrogen and oxygen atoms in total. The molecule has 0 aliphatic heterocycles. The van der Waals surface area contributed by atoms with E-state index in [4.69, 9.17) is 9.84 Å². The van der Waals surface area contributed by atoms with Gasteiger partial charge >= 0.3 is 5.97 Å². The minimum Gasteiger partial charge on any atom is -0.490 e. The van der Waals surface area contributed by atoms with Crippen LogP contribution in [0.5, 0.6) is 5.75 Å². The van der Waals surface area contributed by atoms with E-state index in [0.717, 1.165) is 0 Å². The van der Waals surface area contributed by atoms with E-state index in [0.29, 0.717) is 5.75 Å². The number of aliphatic carboxylic acids is 1. The Balaban J connectivity index is 2.62. The van der Waals surface area contributed by atoms with E-state index >= 15 is 0 Å². The van der Waals surface area contributed by atoms with Crippen LogP contribution in [-0.4, -0.2) is 17.2 Å². The van der Waals surface area contributed by atoms with E-state index in [9.17, 15) is 9.18 Å². The minimum absolute atomic E-state index is 0.346. The zero-order chi connectivity index (χ0) is 11.4. The van der Waals surface area contributed by atoms with E-state index in [-0.39, 0.29) is 5.82 Å². The molecule has 1 aromatic rings. The second kappa shape index (κ2) is 4.77. The van der Waals surface area contributed by atoms with Crippen molar-refractivity contribution in [2.75, 3.05) is 0 Å². The topological polar surface area (TPSA) is 46.5 Å². The Morgan fingerprint density at radius 3 is 2.33 bits per heavy atom. The van der Waals surface area contributed by atoms with Gasteiger partial charge in [-0.2, -0.15) is 0 Å². The first kappa shape index (κ1) is 11.5. The lowest BCUT2D eigenvalue weighted by Gasteiger charge is -2.18. The molecule has 1 rings (SSSR count). The molecule has 82 valence electrons. The smallest absolute Gasteiger partial charge is 0.309 e. The molecule has 4 heteroatoms. The summed E-state index contributed by atoms with van der Waals surface area (Å²) in [6.45, 7) is 3.23. The van der Waals surface area contributed by atoms with Crippen molar-refractivity contribution in [2.45, 2.75) is 20.0 Å². The van der Waals surface area contributed by atoms with Crippen molar-refractivity contribution in [3.8, 4) is 5.75 Å². The van der Waals surface area contributed by atoms with Gasteiger partial charge in [-0.05, 0) is 38.1 Å². The van der Waals surface area contributed by atoms with Crippen molar-refractivity contribution < 1.29 is 19.0 Å². The van der Waals surface area contributed by atoms with Gasteiger partial charge in [0.25, 0.3) is 0 Å². The summed E-state index contributed by atoms with van der Waals surface area (Å²) < 4.78 is 17.9. The predicted octanol–water partition coefficient (Wildman–Crippen LogP) is 2.31. The second-order valence-corrected chi connectivity index (χ2v) is 3.40. The summed E-state index contributed by atoms with van der Waals surface area (Å²) in [6.07, 6.45) is -0.451. The summed E-state index contributed by atoms with van der Waals surface area (Å²) in [5.74, 6) is -1.39. The van der Waals surface area contributed by atoms with E-state index in [1.807, 2.05) is 0 Å². The fraction of sp³-hybridized carbons (Fsp3) is 0.364.